The molecule has 0 saturated carbocycles. The van der Waals surface area contributed by atoms with Crippen LogP contribution in [0.2, 0.25) is 0 Å². The lowest BCUT2D eigenvalue weighted by atomic mass is 10.2. The molecule has 0 spiro atoms. The summed E-state index contributed by atoms with van der Waals surface area (Å²) in [7, 11) is 1.85. The van der Waals surface area contributed by atoms with Gasteiger partial charge in [0, 0.05) is 11.9 Å². The van der Waals surface area contributed by atoms with Crippen LogP contribution < -0.4 is 4.74 Å². The first kappa shape index (κ1) is 13.9. The third kappa shape index (κ3) is 2.68. The van der Waals surface area contributed by atoms with Gasteiger partial charge >= 0.3 is 0 Å². The van der Waals surface area contributed by atoms with Gasteiger partial charge in [0.15, 0.2) is 5.75 Å². The maximum Gasteiger partial charge on any atom is 0.231 e. The molecule has 114 valence electrons. The maximum absolute atomic E-state index is 5.91. The summed E-state index contributed by atoms with van der Waals surface area (Å²) in [6, 6.07) is 12.3. The van der Waals surface area contributed by atoms with Crippen molar-refractivity contribution in [3.05, 3.63) is 54.6 Å². The highest BCUT2D eigenvalue weighted by Gasteiger charge is 2.14. The van der Waals surface area contributed by atoms with Crippen LogP contribution in [0, 0.1) is 6.92 Å². The Bertz CT molecular complexity index is 975. The van der Waals surface area contributed by atoms with E-state index in [4.69, 9.17) is 4.74 Å². The molecule has 6 heteroatoms. The van der Waals surface area contributed by atoms with Gasteiger partial charge < -0.3 is 4.74 Å². The van der Waals surface area contributed by atoms with Crippen molar-refractivity contribution in [2.45, 2.75) is 6.92 Å². The molecular weight excluding hydrogens is 308 g/mol. The first-order valence-electron chi connectivity index (χ1n) is 7.19. The van der Waals surface area contributed by atoms with Crippen molar-refractivity contribution in [3.63, 3.8) is 0 Å². The van der Waals surface area contributed by atoms with Gasteiger partial charge in [0.25, 0.3) is 0 Å². The number of benzene rings is 1. The number of rotatable bonds is 3. The minimum Gasteiger partial charge on any atom is -0.435 e. The molecule has 1 aromatic carbocycles. The zero-order valence-electron chi connectivity index (χ0n) is 12.7. The molecule has 0 aliphatic heterocycles. The van der Waals surface area contributed by atoms with Gasteiger partial charge in [-0.05, 0) is 18.6 Å². The van der Waals surface area contributed by atoms with Gasteiger partial charge in [-0.15, -0.1) is 11.3 Å². The number of aryl methyl sites for hydroxylation is 2. The van der Waals surface area contributed by atoms with Gasteiger partial charge in [0.2, 0.25) is 5.88 Å². The van der Waals surface area contributed by atoms with Crippen LogP contribution in [0.15, 0.2) is 48.8 Å². The molecule has 23 heavy (non-hydrogen) atoms. The van der Waals surface area contributed by atoms with E-state index in [-0.39, 0.29) is 0 Å². The molecule has 0 atom stereocenters. The second kappa shape index (κ2) is 5.48. The smallest absolute Gasteiger partial charge is 0.231 e. The predicted molar refractivity (Wildman–Crippen MR) is 90.9 cm³/mol. The minimum atomic E-state index is 0.568. The largest absolute Gasteiger partial charge is 0.435 e. The van der Waals surface area contributed by atoms with Gasteiger partial charge in [-0.1, -0.05) is 30.3 Å². The van der Waals surface area contributed by atoms with Crippen molar-refractivity contribution in [3.8, 4) is 22.1 Å². The highest BCUT2D eigenvalue weighted by atomic mass is 32.1. The number of thiophene rings is 1. The number of ether oxygens (including phenoxy) is 1. The van der Waals surface area contributed by atoms with Crippen LogP contribution in [0.25, 0.3) is 20.7 Å². The summed E-state index contributed by atoms with van der Waals surface area (Å²) < 4.78 is 7.61. The zero-order valence-corrected chi connectivity index (χ0v) is 13.5. The summed E-state index contributed by atoms with van der Waals surface area (Å²) >= 11 is 1.64. The quantitative estimate of drug-likeness (QED) is 0.567. The van der Waals surface area contributed by atoms with Crippen LogP contribution in [0.5, 0.6) is 11.6 Å². The SMILES string of the molecule is Cc1nc(Oc2cnn(C)c2)c2cc(-c3ccccc3)sc2n1. The number of hydrogen-bond acceptors (Lipinski definition) is 5. The molecule has 0 aliphatic rings. The lowest BCUT2D eigenvalue weighted by Crippen LogP contribution is -1.92. The fraction of sp³-hybridized carbons (Fsp3) is 0.118. The van der Waals surface area contributed by atoms with Crippen molar-refractivity contribution < 1.29 is 4.74 Å². The number of hydrogen-bond donors (Lipinski definition) is 0. The molecule has 0 bridgehead atoms. The number of aromatic nitrogens is 4. The van der Waals surface area contributed by atoms with Crippen molar-refractivity contribution in [2.24, 2.45) is 7.05 Å². The minimum absolute atomic E-state index is 0.568. The molecule has 0 amide bonds. The second-order valence-electron chi connectivity index (χ2n) is 5.22. The third-order valence-electron chi connectivity index (χ3n) is 3.42. The molecule has 0 radical (unpaired) electrons. The zero-order chi connectivity index (χ0) is 15.8. The highest BCUT2D eigenvalue weighted by Crippen LogP contribution is 2.37. The Labute approximate surface area is 137 Å². The summed E-state index contributed by atoms with van der Waals surface area (Å²) in [5.41, 5.74) is 1.17. The Balaban J connectivity index is 1.82. The predicted octanol–water partition coefficient (Wildman–Crippen LogP) is 4.19. The second-order valence-corrected chi connectivity index (χ2v) is 6.25. The standard InChI is InChI=1S/C17H14N4OS/c1-11-19-16(22-13-9-18-21(2)10-13)14-8-15(23-17(14)20-11)12-6-4-3-5-7-12/h3-10H,1-2H3. The monoisotopic (exact) mass is 322 g/mol. The molecule has 4 rings (SSSR count). The molecule has 0 N–H and O–H groups in total. The summed E-state index contributed by atoms with van der Waals surface area (Å²) in [5, 5.41) is 5.04. The van der Waals surface area contributed by atoms with Crippen LogP contribution in [0.1, 0.15) is 5.82 Å². The van der Waals surface area contributed by atoms with E-state index >= 15 is 0 Å². The van der Waals surface area contributed by atoms with E-state index in [0.29, 0.717) is 17.5 Å². The van der Waals surface area contributed by atoms with Crippen molar-refractivity contribution >= 4 is 21.6 Å². The van der Waals surface area contributed by atoms with Crippen molar-refractivity contribution in [2.75, 3.05) is 0 Å². The highest BCUT2D eigenvalue weighted by molar-refractivity contribution is 7.21. The normalized spacial score (nSPS) is 11.0. The Morgan fingerprint density at radius 1 is 1.13 bits per heavy atom. The molecule has 0 aliphatic carbocycles. The molecule has 3 heterocycles. The molecule has 5 nitrogen and oxygen atoms in total. The Morgan fingerprint density at radius 2 is 1.96 bits per heavy atom. The van der Waals surface area contributed by atoms with E-state index in [0.717, 1.165) is 15.1 Å². The van der Waals surface area contributed by atoms with E-state index in [9.17, 15) is 0 Å². The summed E-state index contributed by atoms with van der Waals surface area (Å²) in [6.45, 7) is 1.87. The van der Waals surface area contributed by atoms with Crippen LogP contribution in [-0.4, -0.2) is 19.7 Å². The lowest BCUT2D eigenvalue weighted by molar-refractivity contribution is 0.466. The van der Waals surface area contributed by atoms with Crippen LogP contribution >= 0.6 is 11.3 Å². The molecule has 4 aromatic rings. The maximum atomic E-state index is 5.91. The Morgan fingerprint density at radius 3 is 2.70 bits per heavy atom. The summed E-state index contributed by atoms with van der Waals surface area (Å²) in [5.74, 6) is 1.93. The molecule has 3 aromatic heterocycles. The summed E-state index contributed by atoms with van der Waals surface area (Å²) in [4.78, 5) is 11.1. The average molecular weight is 322 g/mol. The fourth-order valence-electron chi connectivity index (χ4n) is 2.38. The van der Waals surface area contributed by atoms with Crippen LogP contribution in [0.3, 0.4) is 0 Å². The molecular formula is C17H14N4OS. The van der Waals surface area contributed by atoms with Gasteiger partial charge in [-0.3, -0.25) is 4.68 Å². The number of nitrogens with zero attached hydrogens (tertiary/aromatic N) is 4. The first-order valence-corrected chi connectivity index (χ1v) is 8.01. The average Bonchev–Trinajstić information content (AvgIpc) is 3.14. The summed E-state index contributed by atoms with van der Waals surface area (Å²) in [6.07, 6.45) is 3.49. The van der Waals surface area contributed by atoms with E-state index < -0.39 is 0 Å². The van der Waals surface area contributed by atoms with E-state index in [1.165, 1.54) is 5.56 Å². The van der Waals surface area contributed by atoms with Gasteiger partial charge in [0.1, 0.15) is 10.7 Å². The van der Waals surface area contributed by atoms with Gasteiger partial charge in [-0.25, -0.2) is 4.98 Å². The van der Waals surface area contributed by atoms with E-state index in [2.05, 4.69) is 33.3 Å². The van der Waals surface area contributed by atoms with Crippen molar-refractivity contribution in [1.29, 1.82) is 0 Å². The molecule has 0 saturated heterocycles. The molecule has 0 fully saturated rings. The third-order valence-corrected chi connectivity index (χ3v) is 4.50. The van der Waals surface area contributed by atoms with Crippen LogP contribution in [-0.2, 0) is 7.05 Å². The molecule has 0 unspecified atom stereocenters. The van der Waals surface area contributed by atoms with Crippen molar-refractivity contribution in [1.82, 2.24) is 19.7 Å². The van der Waals surface area contributed by atoms with E-state index in [1.54, 1.807) is 22.2 Å². The van der Waals surface area contributed by atoms with Gasteiger partial charge in [-0.2, -0.15) is 10.1 Å². The lowest BCUT2D eigenvalue weighted by Gasteiger charge is -2.03. The first-order chi connectivity index (χ1) is 11.2. The van der Waals surface area contributed by atoms with Crippen LogP contribution in [0.4, 0.5) is 0 Å². The number of fused-ring (bicyclic) bond motifs is 1. The van der Waals surface area contributed by atoms with E-state index in [1.807, 2.05) is 38.4 Å². The Kier molecular flexibility index (Phi) is 3.31. The topological polar surface area (TPSA) is 52.8 Å². The fourth-order valence-corrected chi connectivity index (χ4v) is 3.46. The Hall–Kier alpha value is -2.73. The van der Waals surface area contributed by atoms with Gasteiger partial charge in [0.05, 0.1) is 17.8 Å².